The summed E-state index contributed by atoms with van der Waals surface area (Å²) in [6, 6.07) is 9.10. The van der Waals surface area contributed by atoms with E-state index in [0.717, 1.165) is 21.9 Å². The van der Waals surface area contributed by atoms with Crippen LogP contribution in [-0.4, -0.2) is 21.6 Å². The molecule has 0 aliphatic carbocycles. The molecule has 0 aliphatic heterocycles. The fourth-order valence-electron chi connectivity index (χ4n) is 1.89. The highest BCUT2D eigenvalue weighted by atomic mass is 32.1. The second-order valence-corrected chi connectivity index (χ2v) is 4.87. The number of fused-ring (bicyclic) bond motifs is 1. The van der Waals surface area contributed by atoms with E-state index >= 15 is 0 Å². The van der Waals surface area contributed by atoms with Crippen molar-refractivity contribution in [1.82, 2.24) is 14.8 Å². The highest BCUT2D eigenvalue weighted by Crippen LogP contribution is 2.25. The topological polar surface area (TPSA) is 84.8 Å². The van der Waals surface area contributed by atoms with Gasteiger partial charge in [0.25, 0.3) is 0 Å². The molecule has 0 spiro atoms. The summed E-state index contributed by atoms with van der Waals surface area (Å²) in [7, 11) is 0. The minimum absolute atomic E-state index is 0.700. The van der Waals surface area contributed by atoms with E-state index in [2.05, 4.69) is 15.5 Å². The molecule has 100 valence electrons. The summed E-state index contributed by atoms with van der Waals surface area (Å²) in [6.07, 6.45) is 3.45. The average molecular weight is 285 g/mol. The number of aromatic nitrogens is 2. The van der Waals surface area contributed by atoms with Crippen LogP contribution in [0, 0.1) is 0 Å². The van der Waals surface area contributed by atoms with Gasteiger partial charge in [0, 0.05) is 17.1 Å². The van der Waals surface area contributed by atoms with Gasteiger partial charge in [-0.05, 0) is 0 Å². The molecule has 0 fully saturated rings. The molecule has 0 unspecified atom stereocenters. The van der Waals surface area contributed by atoms with Gasteiger partial charge < -0.3 is 5.73 Å². The third kappa shape index (κ3) is 2.26. The summed E-state index contributed by atoms with van der Waals surface area (Å²) >= 11 is 1.53. The lowest BCUT2D eigenvalue weighted by atomic mass is 10.1. The Morgan fingerprint density at radius 2 is 2.20 bits per heavy atom. The first kappa shape index (κ1) is 12.4. The molecule has 0 saturated carbocycles. The predicted molar refractivity (Wildman–Crippen MR) is 78.8 cm³/mol. The Bertz CT molecular complexity index is 775. The number of hydrogen-bond donors (Lipinski definition) is 2. The molecule has 2 aromatic heterocycles. The van der Waals surface area contributed by atoms with Crippen molar-refractivity contribution in [1.29, 1.82) is 0 Å². The number of carbonyl (C=O) groups excluding carboxylic acids is 1. The molecule has 3 rings (SSSR count). The van der Waals surface area contributed by atoms with Gasteiger partial charge in [-0.1, -0.05) is 30.3 Å². The number of nitrogens with one attached hydrogen (secondary N) is 1. The highest BCUT2D eigenvalue weighted by molar-refractivity contribution is 7.15. The van der Waals surface area contributed by atoms with Gasteiger partial charge in [0.1, 0.15) is 0 Å². The number of urea groups is 1. The lowest BCUT2D eigenvalue weighted by molar-refractivity contribution is 0.249. The molecule has 0 bridgehead atoms. The van der Waals surface area contributed by atoms with Crippen LogP contribution in [0.2, 0.25) is 0 Å². The number of nitrogens with two attached hydrogens (primary N) is 1. The normalized spacial score (nSPS) is 11.2. The van der Waals surface area contributed by atoms with Crippen LogP contribution in [0.25, 0.3) is 16.2 Å². The minimum atomic E-state index is -0.700. The third-order valence-corrected chi connectivity index (χ3v) is 3.46. The maximum Gasteiger partial charge on any atom is 0.332 e. The molecular formula is C13H11N5OS. The van der Waals surface area contributed by atoms with Crippen molar-refractivity contribution in [2.45, 2.75) is 0 Å². The van der Waals surface area contributed by atoms with Crippen molar-refractivity contribution in [3.05, 3.63) is 47.6 Å². The molecule has 3 N–H and O–H groups in total. The number of thiazole rings is 1. The molecule has 6 nitrogen and oxygen atoms in total. The Hall–Kier alpha value is -2.67. The SMILES string of the molecule is NC(=O)N/N=C/c1c(-c2ccccc2)nc2sccn12. The highest BCUT2D eigenvalue weighted by Gasteiger charge is 2.12. The summed E-state index contributed by atoms with van der Waals surface area (Å²) in [5.41, 5.74) is 9.77. The van der Waals surface area contributed by atoms with E-state index in [-0.39, 0.29) is 0 Å². The van der Waals surface area contributed by atoms with E-state index in [1.807, 2.05) is 46.3 Å². The molecule has 0 radical (unpaired) electrons. The quantitative estimate of drug-likeness (QED) is 0.570. The van der Waals surface area contributed by atoms with Gasteiger partial charge in [0.05, 0.1) is 17.6 Å². The number of benzene rings is 1. The first-order valence-corrected chi connectivity index (χ1v) is 6.73. The number of primary amides is 1. The van der Waals surface area contributed by atoms with Crippen molar-refractivity contribution >= 4 is 28.5 Å². The fourth-order valence-corrected chi connectivity index (χ4v) is 2.61. The number of nitrogens with zero attached hydrogens (tertiary/aromatic N) is 3. The number of carbonyl (C=O) groups is 1. The monoisotopic (exact) mass is 285 g/mol. The van der Waals surface area contributed by atoms with Gasteiger partial charge in [0.2, 0.25) is 0 Å². The van der Waals surface area contributed by atoms with Crippen LogP contribution in [0.3, 0.4) is 0 Å². The van der Waals surface area contributed by atoms with E-state index in [1.165, 1.54) is 11.3 Å². The lowest BCUT2D eigenvalue weighted by Crippen LogP contribution is -2.24. The Kier molecular flexibility index (Phi) is 3.18. The van der Waals surface area contributed by atoms with Crippen LogP contribution in [0.4, 0.5) is 4.79 Å². The van der Waals surface area contributed by atoms with Crippen molar-refractivity contribution in [2.24, 2.45) is 10.8 Å². The molecule has 0 atom stereocenters. The number of rotatable bonds is 3. The molecule has 7 heteroatoms. The molecular weight excluding hydrogens is 274 g/mol. The predicted octanol–water partition coefficient (Wildman–Crippen LogP) is 2.07. The Labute approximate surface area is 118 Å². The summed E-state index contributed by atoms with van der Waals surface area (Å²) in [6.45, 7) is 0. The zero-order chi connectivity index (χ0) is 13.9. The van der Waals surface area contributed by atoms with Crippen LogP contribution in [0.15, 0.2) is 47.0 Å². The van der Waals surface area contributed by atoms with Gasteiger partial charge in [0.15, 0.2) is 4.96 Å². The largest absolute Gasteiger partial charge is 0.350 e. The molecule has 2 heterocycles. The van der Waals surface area contributed by atoms with E-state index in [4.69, 9.17) is 5.73 Å². The molecule has 0 aliphatic rings. The van der Waals surface area contributed by atoms with E-state index in [1.54, 1.807) is 6.21 Å². The van der Waals surface area contributed by atoms with Crippen molar-refractivity contribution in [2.75, 3.05) is 0 Å². The first-order valence-electron chi connectivity index (χ1n) is 5.85. The number of amides is 2. The first-order chi connectivity index (χ1) is 9.75. The van der Waals surface area contributed by atoms with Gasteiger partial charge in [-0.2, -0.15) is 5.10 Å². The summed E-state index contributed by atoms with van der Waals surface area (Å²) < 4.78 is 1.92. The number of hydrogen-bond acceptors (Lipinski definition) is 4. The minimum Gasteiger partial charge on any atom is -0.350 e. The van der Waals surface area contributed by atoms with E-state index < -0.39 is 6.03 Å². The van der Waals surface area contributed by atoms with Crippen LogP contribution < -0.4 is 11.2 Å². The molecule has 2 amide bonds. The average Bonchev–Trinajstić information content (AvgIpc) is 3.01. The molecule has 0 saturated heterocycles. The van der Waals surface area contributed by atoms with E-state index in [9.17, 15) is 4.79 Å². The zero-order valence-electron chi connectivity index (χ0n) is 10.4. The molecule has 20 heavy (non-hydrogen) atoms. The summed E-state index contributed by atoms with van der Waals surface area (Å²) in [5.74, 6) is 0. The molecule has 1 aromatic carbocycles. The summed E-state index contributed by atoms with van der Waals surface area (Å²) in [4.78, 5) is 16.1. The standard InChI is InChI=1S/C13H11N5OS/c14-12(19)17-15-8-10-11(9-4-2-1-3-5-9)16-13-18(10)6-7-20-13/h1-8H,(H3,14,17,19)/b15-8+. The van der Waals surface area contributed by atoms with Crippen LogP contribution in [-0.2, 0) is 0 Å². The Balaban J connectivity index is 2.10. The van der Waals surface area contributed by atoms with Gasteiger partial charge in [-0.15, -0.1) is 11.3 Å². The molecule has 3 aromatic rings. The Morgan fingerprint density at radius 3 is 2.95 bits per heavy atom. The van der Waals surface area contributed by atoms with Crippen molar-refractivity contribution < 1.29 is 4.79 Å². The third-order valence-electron chi connectivity index (χ3n) is 2.71. The lowest BCUT2D eigenvalue weighted by Gasteiger charge is -1.99. The number of imidazole rings is 1. The van der Waals surface area contributed by atoms with Crippen LogP contribution in [0.5, 0.6) is 0 Å². The van der Waals surface area contributed by atoms with Gasteiger partial charge >= 0.3 is 6.03 Å². The fraction of sp³-hybridized carbons (Fsp3) is 0. The van der Waals surface area contributed by atoms with E-state index in [0.29, 0.717) is 0 Å². The second kappa shape index (κ2) is 5.14. The maximum absolute atomic E-state index is 10.7. The Morgan fingerprint density at radius 1 is 1.40 bits per heavy atom. The van der Waals surface area contributed by atoms with Gasteiger partial charge in [-0.3, -0.25) is 4.40 Å². The summed E-state index contributed by atoms with van der Waals surface area (Å²) in [5, 5.41) is 5.76. The number of hydrazone groups is 1. The van der Waals surface area contributed by atoms with Crippen LogP contribution >= 0.6 is 11.3 Å². The van der Waals surface area contributed by atoms with Gasteiger partial charge in [-0.25, -0.2) is 15.2 Å². The smallest absolute Gasteiger partial charge is 0.332 e. The van der Waals surface area contributed by atoms with Crippen molar-refractivity contribution in [3.63, 3.8) is 0 Å². The van der Waals surface area contributed by atoms with Crippen LogP contribution in [0.1, 0.15) is 5.69 Å². The zero-order valence-corrected chi connectivity index (χ0v) is 11.2. The van der Waals surface area contributed by atoms with Crippen molar-refractivity contribution in [3.8, 4) is 11.3 Å². The maximum atomic E-state index is 10.7. The second-order valence-electron chi connectivity index (χ2n) is 4.00.